The van der Waals surface area contributed by atoms with Gasteiger partial charge in [0.25, 0.3) is 0 Å². The van der Waals surface area contributed by atoms with E-state index in [0.717, 1.165) is 18.7 Å². The molecule has 3 heteroatoms. The molecule has 0 spiro atoms. The largest absolute Gasteiger partial charge is 0.382 e. The highest BCUT2D eigenvalue weighted by atomic mass is 14.9. The van der Waals surface area contributed by atoms with Gasteiger partial charge in [0.2, 0.25) is 0 Å². The van der Waals surface area contributed by atoms with Crippen molar-refractivity contribution in [3.63, 3.8) is 0 Å². The standard InChI is InChI=1S/C8H13N3/c1-2-5-11-8(9)7-4-3-6-10-7/h3-4,6,10H,2,5H2,1H3,(H2,9,11). The molecule has 0 saturated heterocycles. The second-order valence-corrected chi connectivity index (χ2v) is 2.35. The Morgan fingerprint density at radius 3 is 3.09 bits per heavy atom. The van der Waals surface area contributed by atoms with Crippen molar-refractivity contribution in [3.8, 4) is 0 Å². The molecule has 1 aromatic heterocycles. The fourth-order valence-electron chi connectivity index (χ4n) is 0.807. The first kappa shape index (κ1) is 7.85. The molecule has 0 radical (unpaired) electrons. The third-order valence-electron chi connectivity index (χ3n) is 1.38. The predicted molar refractivity (Wildman–Crippen MR) is 46.7 cm³/mol. The van der Waals surface area contributed by atoms with Gasteiger partial charge < -0.3 is 10.7 Å². The third kappa shape index (κ3) is 2.11. The van der Waals surface area contributed by atoms with E-state index < -0.39 is 0 Å². The monoisotopic (exact) mass is 151 g/mol. The van der Waals surface area contributed by atoms with Crippen LogP contribution in [-0.2, 0) is 0 Å². The van der Waals surface area contributed by atoms with Crippen LogP contribution in [0.2, 0.25) is 0 Å². The van der Waals surface area contributed by atoms with E-state index in [0.29, 0.717) is 5.84 Å². The van der Waals surface area contributed by atoms with Crippen molar-refractivity contribution in [2.45, 2.75) is 13.3 Å². The van der Waals surface area contributed by atoms with Crippen LogP contribution < -0.4 is 5.73 Å². The van der Waals surface area contributed by atoms with E-state index >= 15 is 0 Å². The zero-order valence-electron chi connectivity index (χ0n) is 6.67. The molecular formula is C8H13N3. The molecule has 1 heterocycles. The Hall–Kier alpha value is -1.25. The number of H-pyrrole nitrogens is 1. The summed E-state index contributed by atoms with van der Waals surface area (Å²) in [5.41, 5.74) is 6.55. The number of nitrogens with zero attached hydrogens (tertiary/aromatic N) is 1. The highest BCUT2D eigenvalue weighted by Gasteiger charge is 1.95. The Labute approximate surface area is 66.3 Å². The Bertz CT molecular complexity index is 223. The topological polar surface area (TPSA) is 54.2 Å². The van der Waals surface area contributed by atoms with E-state index in [1.165, 1.54) is 0 Å². The maximum Gasteiger partial charge on any atom is 0.142 e. The number of nitrogens with one attached hydrogen (secondary N) is 1. The number of aliphatic imine (C=N–C) groups is 1. The molecule has 0 amide bonds. The highest BCUT2D eigenvalue weighted by molar-refractivity contribution is 5.95. The quantitative estimate of drug-likeness (QED) is 0.494. The molecule has 3 nitrogen and oxygen atoms in total. The minimum atomic E-state index is 0.594. The van der Waals surface area contributed by atoms with Gasteiger partial charge in [-0.25, -0.2) is 0 Å². The van der Waals surface area contributed by atoms with Gasteiger partial charge in [0, 0.05) is 12.7 Å². The first-order valence-corrected chi connectivity index (χ1v) is 3.78. The average molecular weight is 151 g/mol. The summed E-state index contributed by atoms with van der Waals surface area (Å²) in [6.07, 6.45) is 2.87. The zero-order chi connectivity index (χ0) is 8.10. The number of hydrogen-bond acceptors (Lipinski definition) is 1. The molecule has 0 aromatic carbocycles. The molecule has 0 unspecified atom stereocenters. The van der Waals surface area contributed by atoms with Crippen molar-refractivity contribution in [1.82, 2.24) is 4.98 Å². The minimum absolute atomic E-state index is 0.594. The summed E-state index contributed by atoms with van der Waals surface area (Å²) in [4.78, 5) is 7.14. The van der Waals surface area contributed by atoms with Crippen molar-refractivity contribution in [2.75, 3.05) is 6.54 Å². The average Bonchev–Trinajstić information content (AvgIpc) is 2.52. The van der Waals surface area contributed by atoms with Crippen molar-refractivity contribution in [2.24, 2.45) is 10.7 Å². The van der Waals surface area contributed by atoms with Gasteiger partial charge in [-0.3, -0.25) is 4.99 Å². The van der Waals surface area contributed by atoms with E-state index in [1.807, 2.05) is 18.3 Å². The Morgan fingerprint density at radius 1 is 1.73 bits per heavy atom. The summed E-state index contributed by atoms with van der Waals surface area (Å²) >= 11 is 0. The first-order chi connectivity index (χ1) is 5.34. The smallest absolute Gasteiger partial charge is 0.142 e. The Morgan fingerprint density at radius 2 is 2.55 bits per heavy atom. The van der Waals surface area contributed by atoms with E-state index in [2.05, 4.69) is 16.9 Å². The second kappa shape index (κ2) is 3.81. The van der Waals surface area contributed by atoms with Gasteiger partial charge in [-0.1, -0.05) is 6.92 Å². The summed E-state index contributed by atoms with van der Waals surface area (Å²) in [6.45, 7) is 2.87. The SMILES string of the molecule is CCCN=C(N)c1ccc[nH]1. The molecule has 3 N–H and O–H groups in total. The fraction of sp³-hybridized carbons (Fsp3) is 0.375. The number of aromatic nitrogens is 1. The lowest BCUT2D eigenvalue weighted by Gasteiger charge is -1.95. The van der Waals surface area contributed by atoms with Crippen LogP contribution in [0.4, 0.5) is 0 Å². The summed E-state index contributed by atoms with van der Waals surface area (Å²) in [5.74, 6) is 0.594. The molecule has 0 bridgehead atoms. The van der Waals surface area contributed by atoms with Gasteiger partial charge >= 0.3 is 0 Å². The van der Waals surface area contributed by atoms with Crippen LogP contribution in [0.1, 0.15) is 19.0 Å². The molecular weight excluding hydrogens is 138 g/mol. The lowest BCUT2D eigenvalue weighted by Crippen LogP contribution is -2.14. The third-order valence-corrected chi connectivity index (χ3v) is 1.38. The lowest BCUT2D eigenvalue weighted by molar-refractivity contribution is 0.929. The van der Waals surface area contributed by atoms with Gasteiger partial charge in [-0.15, -0.1) is 0 Å². The molecule has 11 heavy (non-hydrogen) atoms. The van der Waals surface area contributed by atoms with Crippen molar-refractivity contribution in [1.29, 1.82) is 0 Å². The second-order valence-electron chi connectivity index (χ2n) is 2.35. The molecule has 0 aliphatic heterocycles. The maximum atomic E-state index is 5.64. The fourth-order valence-corrected chi connectivity index (χ4v) is 0.807. The van der Waals surface area contributed by atoms with Crippen molar-refractivity contribution in [3.05, 3.63) is 24.0 Å². The van der Waals surface area contributed by atoms with E-state index in [4.69, 9.17) is 5.73 Å². The molecule has 0 fully saturated rings. The summed E-state index contributed by atoms with van der Waals surface area (Å²) in [5, 5.41) is 0. The van der Waals surface area contributed by atoms with Crippen LogP contribution in [0.3, 0.4) is 0 Å². The Kier molecular flexibility index (Phi) is 2.72. The molecule has 0 aliphatic rings. The van der Waals surface area contributed by atoms with Crippen LogP contribution >= 0.6 is 0 Å². The molecule has 1 aromatic rings. The minimum Gasteiger partial charge on any atom is -0.382 e. The van der Waals surface area contributed by atoms with Crippen LogP contribution in [0.25, 0.3) is 0 Å². The first-order valence-electron chi connectivity index (χ1n) is 3.78. The maximum absolute atomic E-state index is 5.64. The van der Waals surface area contributed by atoms with Gasteiger partial charge in [0.15, 0.2) is 0 Å². The van der Waals surface area contributed by atoms with E-state index in [9.17, 15) is 0 Å². The number of amidine groups is 1. The number of aromatic amines is 1. The van der Waals surface area contributed by atoms with E-state index in [-0.39, 0.29) is 0 Å². The molecule has 60 valence electrons. The molecule has 0 saturated carbocycles. The normalized spacial score (nSPS) is 11.9. The number of hydrogen-bond donors (Lipinski definition) is 2. The Balaban J connectivity index is 2.62. The molecule has 0 atom stereocenters. The predicted octanol–water partition coefficient (Wildman–Crippen LogP) is 1.13. The number of rotatable bonds is 3. The van der Waals surface area contributed by atoms with Crippen molar-refractivity contribution < 1.29 is 0 Å². The van der Waals surface area contributed by atoms with Crippen LogP contribution in [0.5, 0.6) is 0 Å². The number of nitrogens with two attached hydrogens (primary N) is 1. The van der Waals surface area contributed by atoms with Gasteiger partial charge in [0.05, 0.1) is 5.69 Å². The van der Waals surface area contributed by atoms with Crippen LogP contribution in [0.15, 0.2) is 23.3 Å². The van der Waals surface area contributed by atoms with Crippen LogP contribution in [0, 0.1) is 0 Å². The van der Waals surface area contributed by atoms with Gasteiger partial charge in [-0.2, -0.15) is 0 Å². The summed E-state index contributed by atoms with van der Waals surface area (Å²) in [7, 11) is 0. The van der Waals surface area contributed by atoms with Crippen LogP contribution in [-0.4, -0.2) is 17.4 Å². The molecule has 0 aliphatic carbocycles. The van der Waals surface area contributed by atoms with Gasteiger partial charge in [0.1, 0.15) is 5.84 Å². The lowest BCUT2D eigenvalue weighted by atomic mass is 10.4. The van der Waals surface area contributed by atoms with Gasteiger partial charge in [-0.05, 0) is 18.6 Å². The summed E-state index contributed by atoms with van der Waals surface area (Å²) < 4.78 is 0. The van der Waals surface area contributed by atoms with E-state index in [1.54, 1.807) is 0 Å². The zero-order valence-corrected chi connectivity index (χ0v) is 6.67. The molecule has 1 rings (SSSR count). The summed E-state index contributed by atoms with van der Waals surface area (Å²) in [6, 6.07) is 3.82. The highest BCUT2D eigenvalue weighted by Crippen LogP contribution is 1.93. The van der Waals surface area contributed by atoms with Crippen molar-refractivity contribution >= 4 is 5.84 Å².